The Morgan fingerprint density at radius 1 is 1.26 bits per heavy atom. The van der Waals surface area contributed by atoms with Crippen molar-refractivity contribution in [2.45, 2.75) is 64.3 Å². The number of nitrogens with zero attached hydrogens (tertiary/aromatic N) is 2. The molecule has 2 N–H and O–H groups in total. The van der Waals surface area contributed by atoms with Gasteiger partial charge in [-0.05, 0) is 45.4 Å². The van der Waals surface area contributed by atoms with E-state index in [1.807, 2.05) is 0 Å². The number of hydrogen-bond donors (Lipinski definition) is 2. The highest BCUT2D eigenvalue weighted by Crippen LogP contribution is 2.27. The number of aryl methyl sites for hydroxylation is 1. The lowest BCUT2D eigenvalue weighted by Crippen LogP contribution is -2.36. The van der Waals surface area contributed by atoms with Crippen LogP contribution < -0.4 is 5.32 Å². The lowest BCUT2D eigenvalue weighted by Gasteiger charge is -2.30. The highest BCUT2D eigenvalue weighted by Gasteiger charge is 2.24. The van der Waals surface area contributed by atoms with Crippen molar-refractivity contribution in [3.05, 3.63) is 17.6 Å². The molecule has 0 saturated carbocycles. The summed E-state index contributed by atoms with van der Waals surface area (Å²) in [6.45, 7) is 4.49. The van der Waals surface area contributed by atoms with Crippen LogP contribution in [0.25, 0.3) is 0 Å². The number of rotatable bonds is 5. The second-order valence-electron chi connectivity index (χ2n) is 5.72. The second-order valence-corrected chi connectivity index (χ2v) is 5.72. The third-order valence-electron chi connectivity index (χ3n) is 4.24. The summed E-state index contributed by atoms with van der Waals surface area (Å²) in [5.74, 6) is 0.977. The summed E-state index contributed by atoms with van der Waals surface area (Å²) < 4.78 is 0. The lowest BCUT2D eigenvalue weighted by molar-refractivity contribution is 0.251. The first-order chi connectivity index (χ1) is 9.18. The highest BCUT2D eigenvalue weighted by atomic mass is 16.3. The lowest BCUT2D eigenvalue weighted by atomic mass is 9.94. The van der Waals surface area contributed by atoms with Crippen LogP contribution in [0, 0.1) is 0 Å². The zero-order valence-electron chi connectivity index (χ0n) is 12.1. The molecule has 19 heavy (non-hydrogen) atoms. The van der Waals surface area contributed by atoms with Crippen LogP contribution in [0.4, 0.5) is 5.82 Å². The van der Waals surface area contributed by atoms with E-state index < -0.39 is 0 Å². The molecule has 1 aromatic heterocycles. The van der Waals surface area contributed by atoms with Gasteiger partial charge in [-0.1, -0.05) is 13.3 Å². The average molecular weight is 263 g/mol. The molecule has 0 amide bonds. The van der Waals surface area contributed by atoms with Gasteiger partial charge in [0.2, 0.25) is 0 Å². The molecular formula is C15H25N3O. The Bertz CT molecular complexity index is 422. The van der Waals surface area contributed by atoms with Crippen molar-refractivity contribution >= 4 is 5.82 Å². The molecule has 0 bridgehead atoms. The van der Waals surface area contributed by atoms with Crippen molar-refractivity contribution in [2.24, 2.45) is 0 Å². The van der Waals surface area contributed by atoms with Gasteiger partial charge in [0.25, 0.3) is 0 Å². The molecule has 4 heteroatoms. The van der Waals surface area contributed by atoms with E-state index >= 15 is 0 Å². The normalized spacial score (nSPS) is 18.3. The first-order valence-electron chi connectivity index (χ1n) is 7.40. The Kier molecular flexibility index (Phi) is 4.75. The Hall–Kier alpha value is -1.16. The summed E-state index contributed by atoms with van der Waals surface area (Å²) >= 11 is 0. The van der Waals surface area contributed by atoms with Crippen molar-refractivity contribution in [3.8, 4) is 0 Å². The molecule has 0 radical (unpaired) electrons. The van der Waals surface area contributed by atoms with Gasteiger partial charge in [0.05, 0.1) is 0 Å². The Labute approximate surface area is 115 Å². The van der Waals surface area contributed by atoms with Gasteiger partial charge in [-0.3, -0.25) is 0 Å². The maximum absolute atomic E-state index is 9.22. The second kappa shape index (κ2) is 6.33. The number of aliphatic hydroxyl groups excluding tert-OH is 1. The minimum atomic E-state index is -0.0941. The van der Waals surface area contributed by atoms with Gasteiger partial charge in [-0.2, -0.15) is 0 Å². The molecule has 1 aliphatic rings. The number of fused-ring (bicyclic) bond motifs is 1. The highest BCUT2D eigenvalue weighted by molar-refractivity contribution is 5.48. The first-order valence-corrected chi connectivity index (χ1v) is 7.40. The maximum Gasteiger partial charge on any atom is 0.133 e. The standard InChI is InChI=1S/C15H25N3O/c1-3-15(2,9-10-19)18-14-12-7-5-4-6-8-13(12)16-11-17-14/h11,19H,3-10H2,1-2H3,(H,16,17,18). The fourth-order valence-electron chi connectivity index (χ4n) is 2.67. The van der Waals surface area contributed by atoms with Gasteiger partial charge in [0, 0.05) is 23.4 Å². The summed E-state index contributed by atoms with van der Waals surface area (Å²) in [6.07, 6.45) is 9.23. The van der Waals surface area contributed by atoms with Gasteiger partial charge in [0.15, 0.2) is 0 Å². The van der Waals surface area contributed by atoms with Crippen LogP contribution in [0.15, 0.2) is 6.33 Å². The minimum Gasteiger partial charge on any atom is -0.396 e. The van der Waals surface area contributed by atoms with E-state index in [-0.39, 0.29) is 12.1 Å². The van der Waals surface area contributed by atoms with E-state index in [4.69, 9.17) is 0 Å². The number of aromatic nitrogens is 2. The zero-order valence-corrected chi connectivity index (χ0v) is 12.1. The molecule has 0 spiro atoms. The quantitative estimate of drug-likeness (QED) is 0.802. The smallest absolute Gasteiger partial charge is 0.133 e. The van der Waals surface area contributed by atoms with E-state index in [0.717, 1.165) is 31.5 Å². The number of anilines is 1. The molecule has 1 aliphatic carbocycles. The number of hydrogen-bond acceptors (Lipinski definition) is 4. The largest absolute Gasteiger partial charge is 0.396 e. The molecular weight excluding hydrogens is 238 g/mol. The molecule has 0 fully saturated rings. The van der Waals surface area contributed by atoms with Crippen LogP contribution in [0.1, 0.15) is 57.2 Å². The van der Waals surface area contributed by atoms with Crippen molar-refractivity contribution in [3.63, 3.8) is 0 Å². The molecule has 0 saturated heterocycles. The Morgan fingerprint density at radius 2 is 2.05 bits per heavy atom. The fraction of sp³-hybridized carbons (Fsp3) is 0.733. The SMILES string of the molecule is CCC(C)(CCO)Nc1ncnc2c1CCCCC2. The fourth-order valence-corrected chi connectivity index (χ4v) is 2.67. The predicted octanol–water partition coefficient (Wildman–Crippen LogP) is 2.71. The maximum atomic E-state index is 9.22. The van der Waals surface area contributed by atoms with Gasteiger partial charge in [-0.25, -0.2) is 9.97 Å². The molecule has 1 heterocycles. The van der Waals surface area contributed by atoms with Gasteiger partial charge in [0.1, 0.15) is 12.1 Å². The zero-order chi connectivity index (χ0) is 13.7. The third-order valence-corrected chi connectivity index (χ3v) is 4.24. The topological polar surface area (TPSA) is 58.0 Å². The molecule has 4 nitrogen and oxygen atoms in total. The molecule has 106 valence electrons. The molecule has 1 aromatic rings. The van der Waals surface area contributed by atoms with Gasteiger partial charge < -0.3 is 10.4 Å². The van der Waals surface area contributed by atoms with Crippen LogP contribution in [0.5, 0.6) is 0 Å². The van der Waals surface area contributed by atoms with Crippen molar-refractivity contribution in [2.75, 3.05) is 11.9 Å². The van der Waals surface area contributed by atoms with E-state index in [1.54, 1.807) is 6.33 Å². The Balaban J connectivity index is 2.25. The summed E-state index contributed by atoms with van der Waals surface area (Å²) in [4.78, 5) is 8.89. The summed E-state index contributed by atoms with van der Waals surface area (Å²) in [5.41, 5.74) is 2.40. The number of aliphatic hydroxyl groups is 1. The summed E-state index contributed by atoms with van der Waals surface area (Å²) in [6, 6.07) is 0. The number of nitrogens with one attached hydrogen (secondary N) is 1. The van der Waals surface area contributed by atoms with E-state index in [9.17, 15) is 5.11 Å². The van der Waals surface area contributed by atoms with Crippen LogP contribution >= 0.6 is 0 Å². The van der Waals surface area contributed by atoms with Gasteiger partial charge in [-0.15, -0.1) is 0 Å². The van der Waals surface area contributed by atoms with Crippen LogP contribution in [0.2, 0.25) is 0 Å². The van der Waals surface area contributed by atoms with E-state index in [1.165, 1.54) is 30.5 Å². The molecule has 0 aromatic carbocycles. The van der Waals surface area contributed by atoms with Crippen LogP contribution in [-0.2, 0) is 12.8 Å². The van der Waals surface area contributed by atoms with Gasteiger partial charge >= 0.3 is 0 Å². The summed E-state index contributed by atoms with van der Waals surface area (Å²) in [5, 5.41) is 12.8. The third kappa shape index (κ3) is 3.44. The first kappa shape index (κ1) is 14.3. The monoisotopic (exact) mass is 263 g/mol. The molecule has 1 atom stereocenters. The van der Waals surface area contributed by atoms with E-state index in [2.05, 4.69) is 29.1 Å². The molecule has 2 rings (SSSR count). The predicted molar refractivity (Wildman–Crippen MR) is 77.3 cm³/mol. The van der Waals surface area contributed by atoms with Crippen molar-refractivity contribution < 1.29 is 5.11 Å². The molecule has 0 aliphatic heterocycles. The summed E-state index contributed by atoms with van der Waals surface area (Å²) in [7, 11) is 0. The van der Waals surface area contributed by atoms with Crippen LogP contribution in [-0.4, -0.2) is 27.2 Å². The minimum absolute atomic E-state index is 0.0941. The van der Waals surface area contributed by atoms with Crippen molar-refractivity contribution in [1.29, 1.82) is 0 Å². The Morgan fingerprint density at radius 3 is 2.79 bits per heavy atom. The van der Waals surface area contributed by atoms with Crippen molar-refractivity contribution in [1.82, 2.24) is 9.97 Å². The van der Waals surface area contributed by atoms with Crippen LogP contribution in [0.3, 0.4) is 0 Å². The average Bonchev–Trinajstić information content (AvgIpc) is 2.65. The van der Waals surface area contributed by atoms with E-state index in [0.29, 0.717) is 0 Å². The molecule has 1 unspecified atom stereocenters.